The Kier molecular flexibility index (Phi) is 2.66. The highest BCUT2D eigenvalue weighted by Crippen LogP contribution is 2.17. The van der Waals surface area contributed by atoms with Crippen molar-refractivity contribution >= 4 is 21.7 Å². The standard InChI is InChI=1S/C3H7ClO5S/c1-2(4)3(5,6)10(7,8)9/h2,5-6H,1H3,(H,7,8,9). The molecule has 10 heavy (non-hydrogen) atoms. The van der Waals surface area contributed by atoms with E-state index in [1.807, 2.05) is 0 Å². The molecule has 0 aliphatic carbocycles. The summed E-state index contributed by atoms with van der Waals surface area (Å²) in [6, 6.07) is 0. The molecule has 0 spiro atoms. The van der Waals surface area contributed by atoms with E-state index in [4.69, 9.17) is 26.4 Å². The molecule has 0 radical (unpaired) electrons. The molecule has 0 heterocycles. The first kappa shape index (κ1) is 10.1. The third kappa shape index (κ3) is 1.80. The number of hydrogen-bond acceptors (Lipinski definition) is 4. The van der Waals surface area contributed by atoms with Crippen molar-refractivity contribution in [3.63, 3.8) is 0 Å². The fourth-order valence-corrected chi connectivity index (χ4v) is 0.953. The first-order valence-corrected chi connectivity index (χ1v) is 4.13. The van der Waals surface area contributed by atoms with E-state index >= 15 is 0 Å². The zero-order chi connectivity index (χ0) is 8.58. The molecule has 0 rings (SSSR count). The maximum absolute atomic E-state index is 10.1. The molecule has 0 aromatic carbocycles. The summed E-state index contributed by atoms with van der Waals surface area (Å²) in [5.41, 5.74) is 0. The van der Waals surface area contributed by atoms with Crippen LogP contribution in [0.1, 0.15) is 6.92 Å². The van der Waals surface area contributed by atoms with Crippen molar-refractivity contribution in [2.24, 2.45) is 0 Å². The van der Waals surface area contributed by atoms with Crippen LogP contribution in [0.2, 0.25) is 0 Å². The van der Waals surface area contributed by atoms with Crippen molar-refractivity contribution < 1.29 is 23.2 Å². The molecule has 62 valence electrons. The molecule has 0 saturated carbocycles. The minimum atomic E-state index is -4.92. The maximum atomic E-state index is 10.1. The van der Waals surface area contributed by atoms with Gasteiger partial charge in [-0.15, -0.1) is 11.6 Å². The van der Waals surface area contributed by atoms with E-state index < -0.39 is 20.6 Å². The van der Waals surface area contributed by atoms with Crippen molar-refractivity contribution in [1.82, 2.24) is 0 Å². The van der Waals surface area contributed by atoms with Crippen molar-refractivity contribution in [2.45, 2.75) is 17.4 Å². The van der Waals surface area contributed by atoms with Crippen LogP contribution in [0.4, 0.5) is 0 Å². The third-order valence-corrected chi connectivity index (χ3v) is 2.44. The van der Waals surface area contributed by atoms with Gasteiger partial charge in [0.2, 0.25) is 0 Å². The van der Waals surface area contributed by atoms with Crippen LogP contribution in [-0.2, 0) is 10.1 Å². The maximum Gasteiger partial charge on any atom is 0.323 e. The molecule has 0 aliphatic heterocycles. The van der Waals surface area contributed by atoms with Crippen LogP contribution in [0.25, 0.3) is 0 Å². The molecule has 1 atom stereocenters. The zero-order valence-electron chi connectivity index (χ0n) is 5.02. The van der Waals surface area contributed by atoms with Crippen LogP contribution >= 0.6 is 11.6 Å². The topological polar surface area (TPSA) is 94.8 Å². The largest absolute Gasteiger partial charge is 0.351 e. The van der Waals surface area contributed by atoms with Gasteiger partial charge in [0.1, 0.15) is 5.38 Å². The molecule has 0 aromatic rings. The average molecular weight is 191 g/mol. The molecule has 7 heteroatoms. The molecule has 0 saturated heterocycles. The minimum Gasteiger partial charge on any atom is -0.351 e. The Morgan fingerprint density at radius 1 is 1.50 bits per heavy atom. The molecule has 0 aliphatic rings. The normalized spacial score (nSPS) is 16.9. The molecule has 0 aromatic heterocycles. The first-order chi connectivity index (χ1) is 4.19. The van der Waals surface area contributed by atoms with Crippen LogP contribution in [0.5, 0.6) is 0 Å². The highest BCUT2D eigenvalue weighted by atomic mass is 35.5. The van der Waals surface area contributed by atoms with Crippen LogP contribution in [-0.4, -0.2) is 33.7 Å². The van der Waals surface area contributed by atoms with Crippen molar-refractivity contribution in [2.75, 3.05) is 0 Å². The van der Waals surface area contributed by atoms with Gasteiger partial charge < -0.3 is 10.2 Å². The smallest absolute Gasteiger partial charge is 0.323 e. The molecular weight excluding hydrogens is 184 g/mol. The Hall–Kier alpha value is 0.120. The van der Waals surface area contributed by atoms with E-state index in [9.17, 15) is 8.42 Å². The number of rotatable bonds is 2. The summed E-state index contributed by atoms with van der Waals surface area (Å²) in [4.78, 5) is 0. The van der Waals surface area contributed by atoms with Gasteiger partial charge in [-0.3, -0.25) is 4.55 Å². The zero-order valence-corrected chi connectivity index (χ0v) is 6.59. The quantitative estimate of drug-likeness (QED) is 0.299. The lowest BCUT2D eigenvalue weighted by Gasteiger charge is -2.19. The Labute approximate surface area is 63.0 Å². The molecule has 0 bridgehead atoms. The average Bonchev–Trinajstić information content (AvgIpc) is 1.62. The minimum absolute atomic E-state index is 1.02. The van der Waals surface area contributed by atoms with Crippen molar-refractivity contribution in [3.8, 4) is 0 Å². The lowest BCUT2D eigenvalue weighted by atomic mass is 10.5. The van der Waals surface area contributed by atoms with E-state index in [1.165, 1.54) is 0 Å². The fourth-order valence-electron chi connectivity index (χ4n) is 0.205. The van der Waals surface area contributed by atoms with E-state index in [2.05, 4.69) is 0 Å². The summed E-state index contributed by atoms with van der Waals surface area (Å²) in [6.07, 6.45) is 0. The third-order valence-electron chi connectivity index (χ3n) is 0.898. The predicted molar refractivity (Wildman–Crippen MR) is 34.0 cm³/mol. The van der Waals surface area contributed by atoms with Crippen LogP contribution < -0.4 is 0 Å². The van der Waals surface area contributed by atoms with E-state index in [0.717, 1.165) is 6.92 Å². The van der Waals surface area contributed by atoms with Crippen molar-refractivity contribution in [1.29, 1.82) is 0 Å². The molecule has 0 amide bonds. The molecule has 5 nitrogen and oxygen atoms in total. The Morgan fingerprint density at radius 2 is 1.80 bits per heavy atom. The summed E-state index contributed by atoms with van der Waals surface area (Å²) < 4.78 is 28.2. The lowest BCUT2D eigenvalue weighted by molar-refractivity contribution is -0.0893. The lowest BCUT2D eigenvalue weighted by Crippen LogP contribution is -2.45. The summed E-state index contributed by atoms with van der Waals surface area (Å²) >= 11 is 5.01. The summed E-state index contributed by atoms with van der Waals surface area (Å²) in [5, 5.41) is 12.3. The Bertz CT molecular complexity index is 205. The number of alkyl halides is 1. The Morgan fingerprint density at radius 3 is 1.80 bits per heavy atom. The first-order valence-electron chi connectivity index (χ1n) is 2.25. The molecular formula is C3H7ClO5S. The molecule has 3 N–H and O–H groups in total. The van der Waals surface area contributed by atoms with Gasteiger partial charge in [-0.1, -0.05) is 0 Å². The number of aliphatic hydroxyl groups is 2. The summed E-state index contributed by atoms with van der Waals surface area (Å²) in [7, 11) is -4.92. The van der Waals surface area contributed by atoms with Gasteiger partial charge in [0, 0.05) is 0 Å². The monoisotopic (exact) mass is 190 g/mol. The van der Waals surface area contributed by atoms with Gasteiger partial charge in [0.25, 0.3) is 0 Å². The van der Waals surface area contributed by atoms with E-state index in [-0.39, 0.29) is 0 Å². The van der Waals surface area contributed by atoms with E-state index in [1.54, 1.807) is 0 Å². The second kappa shape index (κ2) is 2.63. The molecule has 0 fully saturated rings. The van der Waals surface area contributed by atoms with Gasteiger partial charge in [-0.2, -0.15) is 8.42 Å². The van der Waals surface area contributed by atoms with Crippen LogP contribution in [0, 0.1) is 0 Å². The van der Waals surface area contributed by atoms with E-state index in [0.29, 0.717) is 0 Å². The summed E-state index contributed by atoms with van der Waals surface area (Å²) in [5.74, 6) is 0. The number of hydrogen-bond donors (Lipinski definition) is 3. The second-order valence-electron chi connectivity index (χ2n) is 1.75. The summed E-state index contributed by atoms with van der Waals surface area (Å²) in [6.45, 7) is 1.02. The van der Waals surface area contributed by atoms with Crippen LogP contribution in [0.3, 0.4) is 0 Å². The predicted octanol–water partition coefficient (Wildman–Crippen LogP) is -0.860. The van der Waals surface area contributed by atoms with Gasteiger partial charge in [-0.05, 0) is 6.92 Å². The SMILES string of the molecule is CC(Cl)C(O)(O)S(=O)(=O)O. The number of halogens is 1. The van der Waals surface area contributed by atoms with Gasteiger partial charge >= 0.3 is 15.2 Å². The van der Waals surface area contributed by atoms with Crippen LogP contribution in [0.15, 0.2) is 0 Å². The van der Waals surface area contributed by atoms with Gasteiger partial charge in [0.15, 0.2) is 0 Å². The highest BCUT2D eigenvalue weighted by molar-refractivity contribution is 7.86. The van der Waals surface area contributed by atoms with Gasteiger partial charge in [-0.25, -0.2) is 0 Å². The second-order valence-corrected chi connectivity index (χ2v) is 3.96. The highest BCUT2D eigenvalue weighted by Gasteiger charge is 2.43. The fraction of sp³-hybridized carbons (Fsp3) is 1.00. The van der Waals surface area contributed by atoms with Gasteiger partial charge in [0.05, 0.1) is 0 Å². The molecule has 1 unspecified atom stereocenters. The Balaban J connectivity index is 4.76. The van der Waals surface area contributed by atoms with Crippen molar-refractivity contribution in [3.05, 3.63) is 0 Å².